The van der Waals surface area contributed by atoms with Gasteiger partial charge in [0.1, 0.15) is 0 Å². The first kappa shape index (κ1) is 17.1. The van der Waals surface area contributed by atoms with E-state index in [1.165, 1.54) is 11.0 Å². The van der Waals surface area contributed by atoms with E-state index in [0.717, 1.165) is 25.0 Å². The molecule has 1 N–H and O–H groups in total. The van der Waals surface area contributed by atoms with Gasteiger partial charge in [-0.3, -0.25) is 4.79 Å². The number of amides is 1. The smallest absolute Gasteiger partial charge is 0.393 e. The van der Waals surface area contributed by atoms with Crippen LogP contribution in [0.3, 0.4) is 0 Å². The fraction of sp³-hybridized carbons (Fsp3) is 0.533. The highest BCUT2D eigenvalue weighted by atomic mass is 35.5. The van der Waals surface area contributed by atoms with Crippen molar-refractivity contribution in [2.75, 3.05) is 6.54 Å². The van der Waals surface area contributed by atoms with Crippen LogP contribution in [0.1, 0.15) is 42.1 Å². The summed E-state index contributed by atoms with van der Waals surface area (Å²) in [6.45, 7) is 2.12. The third-order valence-electron chi connectivity index (χ3n) is 3.77. The minimum absolute atomic E-state index is 0.0331. The molecular weight excluding hydrogens is 319 g/mol. The number of nitrogens with zero attached hydrogens (tertiary/aromatic N) is 1. The molecule has 1 heterocycles. The lowest BCUT2D eigenvalue weighted by molar-refractivity contribution is -0.137. The second kappa shape index (κ2) is 6.46. The van der Waals surface area contributed by atoms with Crippen LogP contribution in [0.2, 0.25) is 5.02 Å². The van der Waals surface area contributed by atoms with Gasteiger partial charge in [0, 0.05) is 18.2 Å². The van der Waals surface area contributed by atoms with Crippen molar-refractivity contribution in [3.63, 3.8) is 0 Å². The van der Waals surface area contributed by atoms with Gasteiger partial charge in [-0.25, -0.2) is 0 Å². The first-order valence-corrected chi connectivity index (χ1v) is 7.43. The Morgan fingerprint density at radius 3 is 2.77 bits per heavy atom. The molecule has 0 saturated carbocycles. The van der Waals surface area contributed by atoms with Crippen LogP contribution >= 0.6 is 11.6 Å². The van der Waals surface area contributed by atoms with Crippen molar-refractivity contribution in [2.24, 2.45) is 0 Å². The molecule has 1 aromatic rings. The maximum Gasteiger partial charge on any atom is 0.417 e. The SMILES string of the molecule is C[C@@H](O)C[C@H]1CCCN1C(=O)c1ccc(Cl)c(C(F)(F)F)c1. The van der Waals surface area contributed by atoms with Gasteiger partial charge in [-0.2, -0.15) is 13.2 Å². The number of hydrogen-bond acceptors (Lipinski definition) is 2. The summed E-state index contributed by atoms with van der Waals surface area (Å²) in [4.78, 5) is 14.0. The summed E-state index contributed by atoms with van der Waals surface area (Å²) < 4.78 is 38.6. The lowest BCUT2D eigenvalue weighted by Crippen LogP contribution is -2.37. The second-order valence-electron chi connectivity index (χ2n) is 5.57. The highest BCUT2D eigenvalue weighted by Gasteiger charge is 2.35. The Labute approximate surface area is 131 Å². The molecule has 1 fully saturated rings. The molecule has 0 unspecified atom stereocenters. The summed E-state index contributed by atoms with van der Waals surface area (Å²) in [5, 5.41) is 9.04. The molecule has 1 aromatic carbocycles. The topological polar surface area (TPSA) is 40.5 Å². The van der Waals surface area contributed by atoms with Crippen LogP contribution < -0.4 is 0 Å². The van der Waals surface area contributed by atoms with Crippen LogP contribution in [0.25, 0.3) is 0 Å². The maximum atomic E-state index is 12.9. The van der Waals surface area contributed by atoms with E-state index in [-0.39, 0.29) is 11.6 Å². The molecule has 0 bridgehead atoms. The molecule has 7 heteroatoms. The van der Waals surface area contributed by atoms with Gasteiger partial charge < -0.3 is 10.0 Å². The largest absolute Gasteiger partial charge is 0.417 e. The fourth-order valence-corrected chi connectivity index (χ4v) is 3.01. The third-order valence-corrected chi connectivity index (χ3v) is 4.10. The highest BCUT2D eigenvalue weighted by Crippen LogP contribution is 2.35. The Bertz CT molecular complexity index is 560. The average Bonchev–Trinajstić information content (AvgIpc) is 2.84. The standard InChI is InChI=1S/C15H17ClF3NO2/c1-9(21)7-11-3-2-6-20(11)14(22)10-4-5-13(16)12(8-10)15(17,18)19/h4-5,8-9,11,21H,2-3,6-7H2,1H3/t9-,11-/m1/s1. The number of rotatable bonds is 3. The quantitative estimate of drug-likeness (QED) is 0.914. The van der Waals surface area contributed by atoms with E-state index in [4.69, 9.17) is 11.6 Å². The van der Waals surface area contributed by atoms with Gasteiger partial charge in [0.2, 0.25) is 0 Å². The van der Waals surface area contributed by atoms with Crippen molar-refractivity contribution in [2.45, 2.75) is 44.5 Å². The van der Waals surface area contributed by atoms with E-state index < -0.39 is 28.8 Å². The normalized spacial score (nSPS) is 20.3. The zero-order valence-corrected chi connectivity index (χ0v) is 12.8. The molecule has 0 radical (unpaired) electrons. The van der Waals surface area contributed by atoms with Crippen LogP contribution in [-0.2, 0) is 6.18 Å². The van der Waals surface area contributed by atoms with Crippen molar-refractivity contribution >= 4 is 17.5 Å². The number of likely N-dealkylation sites (tertiary alicyclic amines) is 1. The number of benzene rings is 1. The molecule has 0 aliphatic carbocycles. The Balaban J connectivity index is 2.26. The predicted octanol–water partition coefficient (Wildman–Crippen LogP) is 3.73. The van der Waals surface area contributed by atoms with Crippen LogP contribution in [-0.4, -0.2) is 34.6 Å². The highest BCUT2D eigenvalue weighted by molar-refractivity contribution is 6.31. The third kappa shape index (κ3) is 3.73. The molecule has 1 aliphatic heterocycles. The Morgan fingerprint density at radius 1 is 1.50 bits per heavy atom. The molecule has 22 heavy (non-hydrogen) atoms. The van der Waals surface area contributed by atoms with Crippen molar-refractivity contribution in [3.8, 4) is 0 Å². The summed E-state index contributed by atoms with van der Waals surface area (Å²) in [6, 6.07) is 3.05. The molecular formula is C15H17ClF3NO2. The molecule has 2 rings (SSSR count). The molecule has 2 atom stereocenters. The Hall–Kier alpha value is -1.27. The summed E-state index contributed by atoms with van der Waals surface area (Å²) in [6.07, 6.45) is -3.21. The van der Waals surface area contributed by atoms with E-state index in [0.29, 0.717) is 13.0 Å². The minimum Gasteiger partial charge on any atom is -0.393 e. The monoisotopic (exact) mass is 335 g/mol. The molecule has 0 spiro atoms. The van der Waals surface area contributed by atoms with Crippen LogP contribution in [0.15, 0.2) is 18.2 Å². The molecule has 3 nitrogen and oxygen atoms in total. The fourth-order valence-electron chi connectivity index (χ4n) is 2.78. The molecule has 122 valence electrons. The number of halogens is 4. The maximum absolute atomic E-state index is 12.9. The Morgan fingerprint density at radius 2 is 2.18 bits per heavy atom. The number of aliphatic hydroxyl groups is 1. The van der Waals surface area contributed by atoms with E-state index >= 15 is 0 Å². The minimum atomic E-state index is -4.60. The van der Waals surface area contributed by atoms with Crippen LogP contribution in [0.4, 0.5) is 13.2 Å². The van der Waals surface area contributed by atoms with E-state index in [2.05, 4.69) is 0 Å². The van der Waals surface area contributed by atoms with E-state index in [1.54, 1.807) is 6.92 Å². The van der Waals surface area contributed by atoms with Crippen molar-refractivity contribution in [3.05, 3.63) is 34.3 Å². The van der Waals surface area contributed by atoms with Gasteiger partial charge in [-0.05, 0) is 44.4 Å². The van der Waals surface area contributed by atoms with Gasteiger partial charge in [0.05, 0.1) is 16.7 Å². The van der Waals surface area contributed by atoms with Crippen molar-refractivity contribution in [1.29, 1.82) is 0 Å². The predicted molar refractivity (Wildman–Crippen MR) is 76.8 cm³/mol. The molecule has 1 aliphatic rings. The molecule has 1 saturated heterocycles. The number of carbonyl (C=O) groups is 1. The summed E-state index contributed by atoms with van der Waals surface area (Å²) >= 11 is 5.56. The summed E-state index contributed by atoms with van der Waals surface area (Å²) in [7, 11) is 0. The van der Waals surface area contributed by atoms with E-state index in [9.17, 15) is 23.1 Å². The lowest BCUT2D eigenvalue weighted by atomic mass is 10.1. The van der Waals surface area contributed by atoms with Gasteiger partial charge in [0.25, 0.3) is 5.91 Å². The summed E-state index contributed by atoms with van der Waals surface area (Å²) in [5.41, 5.74) is -1.04. The molecule has 0 aromatic heterocycles. The zero-order valence-electron chi connectivity index (χ0n) is 12.0. The number of carbonyl (C=O) groups excluding carboxylic acids is 1. The van der Waals surface area contributed by atoms with Crippen molar-refractivity contribution in [1.82, 2.24) is 4.90 Å². The molecule has 1 amide bonds. The first-order chi connectivity index (χ1) is 10.2. The van der Waals surface area contributed by atoms with Crippen molar-refractivity contribution < 1.29 is 23.1 Å². The first-order valence-electron chi connectivity index (χ1n) is 7.06. The number of hydrogen-bond donors (Lipinski definition) is 1. The summed E-state index contributed by atoms with van der Waals surface area (Å²) in [5.74, 6) is -0.453. The second-order valence-corrected chi connectivity index (χ2v) is 5.98. The zero-order chi connectivity index (χ0) is 16.5. The Kier molecular flexibility index (Phi) is 5.02. The number of aliphatic hydroxyl groups excluding tert-OH is 1. The van der Waals surface area contributed by atoms with Gasteiger partial charge in [-0.1, -0.05) is 11.6 Å². The lowest BCUT2D eigenvalue weighted by Gasteiger charge is -2.26. The average molecular weight is 336 g/mol. The van der Waals surface area contributed by atoms with E-state index in [1.807, 2.05) is 0 Å². The van der Waals surface area contributed by atoms with Gasteiger partial charge >= 0.3 is 6.18 Å². The van der Waals surface area contributed by atoms with Gasteiger partial charge in [0.15, 0.2) is 0 Å². The van der Waals surface area contributed by atoms with Gasteiger partial charge in [-0.15, -0.1) is 0 Å². The van der Waals surface area contributed by atoms with Crippen LogP contribution in [0, 0.1) is 0 Å². The van der Waals surface area contributed by atoms with Crippen LogP contribution in [0.5, 0.6) is 0 Å². The number of alkyl halides is 3.